The SMILES string of the molecule is CCCC1CCC(C2CCC(C(=O)Oc3c(-c4c(-c5ccccc5)cc5ccccc5c4OC(=O)C4CCC(C5CCC(CCC)CC5)CC4)c(-c4ccccc4)cc4ccccc34)CC2)CC1. The Bertz CT molecular complexity index is 2450. The number of carbonyl (C=O) groups is 2. The Kier molecular flexibility index (Phi) is 14.8. The van der Waals surface area contributed by atoms with Crippen LogP contribution in [0.4, 0.5) is 0 Å². The van der Waals surface area contributed by atoms with Crippen LogP contribution in [0.15, 0.2) is 121 Å². The molecule has 4 nitrogen and oxygen atoms in total. The number of fused-ring (bicyclic) bond motifs is 2. The average Bonchev–Trinajstić information content (AvgIpc) is 3.40. The van der Waals surface area contributed by atoms with Gasteiger partial charge < -0.3 is 9.47 Å². The molecule has 0 aromatic heterocycles. The molecule has 4 aliphatic carbocycles. The highest BCUT2D eigenvalue weighted by molar-refractivity contribution is 6.12. The van der Waals surface area contributed by atoms with E-state index in [9.17, 15) is 9.59 Å². The van der Waals surface area contributed by atoms with Gasteiger partial charge in [0.05, 0.1) is 11.8 Å². The minimum atomic E-state index is -0.168. The first-order valence-electron chi connectivity index (χ1n) is 27.1. The number of rotatable bonds is 13. The molecule has 0 unspecified atom stereocenters. The van der Waals surface area contributed by atoms with Crippen molar-refractivity contribution in [3.8, 4) is 44.9 Å². The van der Waals surface area contributed by atoms with Gasteiger partial charge >= 0.3 is 11.9 Å². The summed E-state index contributed by atoms with van der Waals surface area (Å²) in [5, 5.41) is 3.74. The Morgan fingerprint density at radius 3 is 1.09 bits per heavy atom. The highest BCUT2D eigenvalue weighted by Gasteiger charge is 2.37. The predicted octanol–water partition coefficient (Wildman–Crippen LogP) is 17.6. The number of hydrogen-bond acceptors (Lipinski definition) is 4. The summed E-state index contributed by atoms with van der Waals surface area (Å²) >= 11 is 0. The summed E-state index contributed by atoms with van der Waals surface area (Å²) in [6, 6.07) is 42.0. The van der Waals surface area contributed by atoms with Crippen LogP contribution in [0.2, 0.25) is 0 Å². The molecule has 0 N–H and O–H groups in total. The van der Waals surface area contributed by atoms with Gasteiger partial charge in [0.15, 0.2) is 0 Å². The van der Waals surface area contributed by atoms with Crippen LogP contribution in [0.1, 0.15) is 142 Å². The van der Waals surface area contributed by atoms with E-state index in [1.165, 1.54) is 77.0 Å². The maximum atomic E-state index is 15.0. The van der Waals surface area contributed by atoms with Gasteiger partial charge in [-0.1, -0.05) is 174 Å². The van der Waals surface area contributed by atoms with Gasteiger partial charge in [-0.3, -0.25) is 9.59 Å². The van der Waals surface area contributed by atoms with Crippen LogP contribution in [0.25, 0.3) is 54.9 Å². The van der Waals surface area contributed by atoms with Gasteiger partial charge in [-0.15, -0.1) is 0 Å². The van der Waals surface area contributed by atoms with Crippen LogP contribution < -0.4 is 9.47 Å². The van der Waals surface area contributed by atoms with E-state index in [1.807, 2.05) is 24.3 Å². The lowest BCUT2D eigenvalue weighted by Crippen LogP contribution is -2.30. The highest BCUT2D eigenvalue weighted by Crippen LogP contribution is 2.54. The first kappa shape index (κ1) is 46.5. The molecule has 0 radical (unpaired) electrons. The number of ether oxygens (including phenoxy) is 2. The van der Waals surface area contributed by atoms with Gasteiger partial charge in [0.2, 0.25) is 0 Å². The maximum Gasteiger partial charge on any atom is 0.314 e. The van der Waals surface area contributed by atoms with Crippen molar-refractivity contribution < 1.29 is 19.1 Å². The molecule has 0 saturated heterocycles. The van der Waals surface area contributed by atoms with E-state index in [0.717, 1.165) is 130 Å². The summed E-state index contributed by atoms with van der Waals surface area (Å²) in [5.74, 6) is 5.22. The van der Waals surface area contributed by atoms with Crippen LogP contribution in [0.5, 0.6) is 11.5 Å². The molecule has 68 heavy (non-hydrogen) atoms. The van der Waals surface area contributed by atoms with Crippen molar-refractivity contribution in [3.63, 3.8) is 0 Å². The molecule has 6 aromatic rings. The molecular weight excluding hydrogens is 833 g/mol. The second kappa shape index (κ2) is 21.6. The lowest BCUT2D eigenvalue weighted by molar-refractivity contribution is -0.141. The monoisotopic (exact) mass is 907 g/mol. The molecule has 0 bridgehead atoms. The molecule has 4 aliphatic rings. The lowest BCUT2D eigenvalue weighted by atomic mass is 9.69. The third kappa shape index (κ3) is 10.1. The van der Waals surface area contributed by atoms with Crippen molar-refractivity contribution in [3.05, 3.63) is 121 Å². The van der Waals surface area contributed by atoms with Crippen molar-refractivity contribution >= 4 is 33.5 Å². The van der Waals surface area contributed by atoms with Crippen LogP contribution in [0, 0.1) is 47.3 Å². The summed E-state index contributed by atoms with van der Waals surface area (Å²) in [4.78, 5) is 29.9. The topological polar surface area (TPSA) is 52.6 Å². The molecule has 4 saturated carbocycles. The fourth-order valence-electron chi connectivity index (χ4n) is 13.8. The van der Waals surface area contributed by atoms with Crippen LogP contribution in [-0.4, -0.2) is 11.9 Å². The van der Waals surface area contributed by atoms with Crippen molar-refractivity contribution in [1.29, 1.82) is 0 Å². The van der Waals surface area contributed by atoms with E-state index in [1.54, 1.807) is 0 Å². The number of esters is 2. The summed E-state index contributed by atoms with van der Waals surface area (Å²) < 4.78 is 14.1. The Hall–Kier alpha value is -5.22. The molecule has 0 heterocycles. The third-order valence-corrected chi connectivity index (χ3v) is 17.5. The average molecular weight is 907 g/mol. The molecule has 0 amide bonds. The molecule has 0 spiro atoms. The number of benzene rings is 6. The van der Waals surface area contributed by atoms with Crippen molar-refractivity contribution in [2.75, 3.05) is 0 Å². The Morgan fingerprint density at radius 1 is 0.412 bits per heavy atom. The standard InChI is InChI=1S/C64H74O4/c1-3-15-43-25-29-45(30-26-43)47-33-37-51(38-34-47)63(65)67-61-55-23-13-11-21-53(55)41-57(49-17-7-5-8-18-49)59(61)60-58(50-19-9-6-10-20-50)42-54-22-12-14-24-56(54)62(60)68-64(66)52-39-35-48(36-40-52)46-31-27-44(16-4-2)28-32-46/h5-14,17-24,41-48,51-52H,3-4,15-16,25-40H2,1-2H3. The van der Waals surface area contributed by atoms with E-state index in [0.29, 0.717) is 23.3 Å². The smallest absolute Gasteiger partial charge is 0.314 e. The summed E-state index contributed by atoms with van der Waals surface area (Å²) in [5.41, 5.74) is 5.46. The van der Waals surface area contributed by atoms with E-state index in [-0.39, 0.29) is 23.8 Å². The molecule has 0 atom stereocenters. The molecule has 354 valence electrons. The van der Waals surface area contributed by atoms with Gasteiger partial charge in [-0.05, 0) is 158 Å². The molecule has 4 fully saturated rings. The fourth-order valence-corrected chi connectivity index (χ4v) is 13.8. The van der Waals surface area contributed by atoms with E-state index >= 15 is 0 Å². The highest BCUT2D eigenvalue weighted by atomic mass is 16.5. The molecule has 10 rings (SSSR count). The van der Waals surface area contributed by atoms with Crippen molar-refractivity contribution in [1.82, 2.24) is 0 Å². The second-order valence-corrected chi connectivity index (χ2v) is 21.6. The van der Waals surface area contributed by atoms with Crippen molar-refractivity contribution in [2.24, 2.45) is 47.3 Å². The third-order valence-electron chi connectivity index (χ3n) is 17.5. The van der Waals surface area contributed by atoms with Gasteiger partial charge in [-0.25, -0.2) is 0 Å². The summed E-state index contributed by atoms with van der Waals surface area (Å²) in [6.07, 6.45) is 23.9. The Balaban J connectivity index is 1.04. The summed E-state index contributed by atoms with van der Waals surface area (Å²) in [6.45, 7) is 4.64. The Labute approximate surface area is 406 Å². The molecular formula is C64H74O4. The van der Waals surface area contributed by atoms with E-state index in [4.69, 9.17) is 9.47 Å². The molecule has 0 aliphatic heterocycles. The normalized spacial score (nSPS) is 25.5. The first-order chi connectivity index (χ1) is 33.4. The van der Waals surface area contributed by atoms with Crippen LogP contribution in [-0.2, 0) is 9.59 Å². The lowest BCUT2D eigenvalue weighted by Gasteiger charge is -2.37. The predicted molar refractivity (Wildman–Crippen MR) is 281 cm³/mol. The van der Waals surface area contributed by atoms with E-state index in [2.05, 4.69) is 111 Å². The van der Waals surface area contributed by atoms with Crippen LogP contribution in [0.3, 0.4) is 0 Å². The van der Waals surface area contributed by atoms with Crippen molar-refractivity contribution in [2.45, 2.75) is 142 Å². The first-order valence-corrected chi connectivity index (χ1v) is 27.1. The minimum Gasteiger partial charge on any atom is -0.425 e. The largest absolute Gasteiger partial charge is 0.425 e. The maximum absolute atomic E-state index is 15.0. The van der Waals surface area contributed by atoms with Gasteiger partial charge in [-0.2, -0.15) is 0 Å². The van der Waals surface area contributed by atoms with Crippen LogP contribution >= 0.6 is 0 Å². The van der Waals surface area contributed by atoms with Gasteiger partial charge in [0, 0.05) is 21.9 Å². The Morgan fingerprint density at radius 2 is 0.735 bits per heavy atom. The minimum absolute atomic E-state index is 0.150. The summed E-state index contributed by atoms with van der Waals surface area (Å²) in [7, 11) is 0. The van der Waals surface area contributed by atoms with Gasteiger partial charge in [0.1, 0.15) is 11.5 Å². The van der Waals surface area contributed by atoms with Gasteiger partial charge in [0.25, 0.3) is 0 Å². The number of hydrogen-bond donors (Lipinski definition) is 0. The molecule has 6 aromatic carbocycles. The number of carbonyl (C=O) groups excluding carboxylic acids is 2. The zero-order chi connectivity index (χ0) is 46.4. The quantitative estimate of drug-likeness (QED) is 0.0856. The van der Waals surface area contributed by atoms with E-state index < -0.39 is 0 Å². The zero-order valence-corrected chi connectivity index (χ0v) is 40.9. The fraction of sp³-hybridized carbons (Fsp3) is 0.469. The molecule has 4 heteroatoms. The second-order valence-electron chi connectivity index (χ2n) is 21.6. The zero-order valence-electron chi connectivity index (χ0n) is 40.9.